The van der Waals surface area contributed by atoms with Crippen LogP contribution in [0.15, 0.2) is 48.5 Å². The number of rotatable bonds is 4. The van der Waals surface area contributed by atoms with E-state index in [0.29, 0.717) is 6.07 Å². The van der Waals surface area contributed by atoms with Gasteiger partial charge in [0.25, 0.3) is 5.69 Å². The van der Waals surface area contributed by atoms with Gasteiger partial charge in [0.2, 0.25) is 0 Å². The topological polar surface area (TPSA) is 80.4 Å². The second-order valence-corrected chi connectivity index (χ2v) is 4.76. The third-order valence-electron chi connectivity index (χ3n) is 3.16. The number of carboxylic acid groups (broad SMARTS) is 1. The first-order chi connectivity index (χ1) is 11.2. The number of carbonyl (C=O) groups is 1. The van der Waals surface area contributed by atoms with Gasteiger partial charge in [-0.25, -0.2) is 4.79 Å². The number of aliphatic carboxylic acids is 1. The van der Waals surface area contributed by atoms with Crippen molar-refractivity contribution in [2.75, 3.05) is 0 Å². The van der Waals surface area contributed by atoms with Gasteiger partial charge >= 0.3 is 12.1 Å². The predicted octanol–water partition coefficient (Wildman–Crippen LogP) is 4.24. The lowest BCUT2D eigenvalue weighted by molar-refractivity contribution is -0.385. The Bertz CT molecular complexity index is 828. The number of hydrogen-bond acceptors (Lipinski definition) is 3. The average molecular weight is 337 g/mol. The number of halogens is 3. The normalized spacial score (nSPS) is 12.0. The Morgan fingerprint density at radius 1 is 1.12 bits per heavy atom. The van der Waals surface area contributed by atoms with Crippen molar-refractivity contribution in [2.45, 2.75) is 6.18 Å². The quantitative estimate of drug-likeness (QED) is 0.392. The molecule has 0 atom stereocenters. The first kappa shape index (κ1) is 17.2. The lowest BCUT2D eigenvalue weighted by Gasteiger charge is -2.09. The van der Waals surface area contributed by atoms with Gasteiger partial charge in [0.1, 0.15) is 0 Å². The van der Waals surface area contributed by atoms with E-state index >= 15 is 0 Å². The van der Waals surface area contributed by atoms with E-state index in [2.05, 4.69) is 0 Å². The summed E-state index contributed by atoms with van der Waals surface area (Å²) in [5, 5.41) is 20.3. The Kier molecular flexibility index (Phi) is 4.68. The third kappa shape index (κ3) is 3.78. The first-order valence-corrected chi connectivity index (χ1v) is 6.56. The highest BCUT2D eigenvalue weighted by Gasteiger charge is 2.31. The molecule has 5 nitrogen and oxygen atoms in total. The zero-order valence-corrected chi connectivity index (χ0v) is 11.9. The maximum atomic E-state index is 12.8. The number of nitro benzene ring substituents is 1. The monoisotopic (exact) mass is 337 g/mol. The van der Waals surface area contributed by atoms with Gasteiger partial charge in [-0.2, -0.15) is 13.2 Å². The molecular weight excluding hydrogens is 327 g/mol. The van der Waals surface area contributed by atoms with Crippen LogP contribution in [0.1, 0.15) is 16.7 Å². The van der Waals surface area contributed by atoms with Gasteiger partial charge in [-0.1, -0.05) is 24.3 Å². The molecule has 0 amide bonds. The second-order valence-electron chi connectivity index (χ2n) is 4.76. The fourth-order valence-corrected chi connectivity index (χ4v) is 2.06. The van der Waals surface area contributed by atoms with E-state index in [1.165, 1.54) is 30.3 Å². The molecule has 0 radical (unpaired) electrons. The number of nitro groups is 1. The van der Waals surface area contributed by atoms with Crippen LogP contribution in [0, 0.1) is 10.1 Å². The largest absolute Gasteiger partial charge is 0.478 e. The van der Waals surface area contributed by atoms with Crippen molar-refractivity contribution in [1.29, 1.82) is 0 Å². The number of benzene rings is 2. The molecule has 2 aromatic rings. The van der Waals surface area contributed by atoms with Crippen molar-refractivity contribution in [3.63, 3.8) is 0 Å². The van der Waals surface area contributed by atoms with E-state index in [-0.39, 0.29) is 16.8 Å². The minimum absolute atomic E-state index is 0.0164. The summed E-state index contributed by atoms with van der Waals surface area (Å²) >= 11 is 0. The molecule has 0 heterocycles. The number of para-hydroxylation sites is 1. The lowest BCUT2D eigenvalue weighted by Crippen LogP contribution is -2.07. The van der Waals surface area contributed by atoms with Crippen LogP contribution in [0.25, 0.3) is 11.6 Å². The molecule has 1 N–H and O–H groups in total. The van der Waals surface area contributed by atoms with Gasteiger partial charge in [0, 0.05) is 6.07 Å². The number of nitrogens with zero attached hydrogens (tertiary/aromatic N) is 1. The standard InChI is InChI=1S/C16H10F3NO4/c17-16(18,19)12-6-3-5-10(8-12)13(15(21)22)9-11-4-1-2-7-14(11)20(23)24/h1-9H,(H,21,22)/b13-9+. The van der Waals surface area contributed by atoms with Gasteiger partial charge in [-0.3, -0.25) is 10.1 Å². The van der Waals surface area contributed by atoms with E-state index in [4.69, 9.17) is 0 Å². The van der Waals surface area contributed by atoms with E-state index in [0.717, 1.165) is 18.2 Å². The van der Waals surface area contributed by atoms with Gasteiger partial charge < -0.3 is 5.11 Å². The van der Waals surface area contributed by atoms with E-state index in [1.54, 1.807) is 0 Å². The van der Waals surface area contributed by atoms with Crippen LogP contribution in [0.3, 0.4) is 0 Å². The molecule has 124 valence electrons. The van der Waals surface area contributed by atoms with Crippen molar-refractivity contribution < 1.29 is 28.0 Å². The molecule has 0 aliphatic heterocycles. The Morgan fingerprint density at radius 3 is 2.38 bits per heavy atom. The van der Waals surface area contributed by atoms with Gasteiger partial charge in [-0.05, 0) is 29.8 Å². The Labute approximate surface area is 133 Å². The summed E-state index contributed by atoms with van der Waals surface area (Å²) in [6.45, 7) is 0. The second kappa shape index (κ2) is 6.53. The summed E-state index contributed by atoms with van der Waals surface area (Å²) in [6.07, 6.45) is -3.64. The smallest absolute Gasteiger partial charge is 0.416 e. The van der Waals surface area contributed by atoms with Crippen molar-refractivity contribution in [3.8, 4) is 0 Å². The van der Waals surface area contributed by atoms with Crippen LogP contribution < -0.4 is 0 Å². The minimum Gasteiger partial charge on any atom is -0.478 e. The molecule has 0 fully saturated rings. The molecule has 0 aliphatic carbocycles. The molecular formula is C16H10F3NO4. The molecule has 0 bridgehead atoms. The molecule has 8 heteroatoms. The van der Waals surface area contributed by atoms with Gasteiger partial charge in [0.15, 0.2) is 0 Å². The van der Waals surface area contributed by atoms with Crippen molar-refractivity contribution >= 4 is 23.3 Å². The minimum atomic E-state index is -4.63. The lowest BCUT2D eigenvalue weighted by atomic mass is 10.00. The average Bonchev–Trinajstić information content (AvgIpc) is 2.51. The molecule has 0 aromatic heterocycles. The maximum Gasteiger partial charge on any atom is 0.416 e. The Morgan fingerprint density at radius 2 is 1.79 bits per heavy atom. The van der Waals surface area contributed by atoms with Crippen molar-refractivity contribution in [1.82, 2.24) is 0 Å². The molecule has 0 saturated heterocycles. The number of hydrogen-bond donors (Lipinski definition) is 1. The summed E-state index contributed by atoms with van der Waals surface area (Å²) in [4.78, 5) is 21.7. The zero-order chi connectivity index (χ0) is 17.9. The highest BCUT2D eigenvalue weighted by molar-refractivity contribution is 6.21. The van der Waals surface area contributed by atoms with Crippen LogP contribution >= 0.6 is 0 Å². The van der Waals surface area contributed by atoms with E-state index < -0.39 is 28.2 Å². The Hall–Kier alpha value is -3.16. The summed E-state index contributed by atoms with van der Waals surface area (Å²) in [5.41, 5.74) is -2.04. The molecule has 0 spiro atoms. The predicted molar refractivity (Wildman–Crippen MR) is 80.0 cm³/mol. The summed E-state index contributed by atoms with van der Waals surface area (Å²) in [6, 6.07) is 9.14. The summed E-state index contributed by atoms with van der Waals surface area (Å²) in [5.74, 6) is -1.49. The Balaban J connectivity index is 2.60. The molecule has 0 saturated carbocycles. The van der Waals surface area contributed by atoms with Crippen molar-refractivity contribution in [3.05, 3.63) is 75.3 Å². The highest BCUT2D eigenvalue weighted by atomic mass is 19.4. The molecule has 0 aliphatic rings. The number of carboxylic acids is 1. The SMILES string of the molecule is O=C(O)/C(=C/c1ccccc1[N+](=O)[O-])c1cccc(C(F)(F)F)c1. The van der Waals surface area contributed by atoms with Crippen LogP contribution in [0.5, 0.6) is 0 Å². The van der Waals surface area contributed by atoms with Crippen molar-refractivity contribution in [2.24, 2.45) is 0 Å². The van der Waals surface area contributed by atoms with E-state index in [1.807, 2.05) is 0 Å². The zero-order valence-electron chi connectivity index (χ0n) is 11.9. The fraction of sp³-hybridized carbons (Fsp3) is 0.0625. The van der Waals surface area contributed by atoms with Gasteiger partial charge in [0.05, 0.1) is 21.6 Å². The fourth-order valence-electron chi connectivity index (χ4n) is 2.06. The number of alkyl halides is 3. The van der Waals surface area contributed by atoms with Crippen LogP contribution in [-0.4, -0.2) is 16.0 Å². The van der Waals surface area contributed by atoms with Gasteiger partial charge in [-0.15, -0.1) is 0 Å². The summed E-state index contributed by atoms with van der Waals surface area (Å²) < 4.78 is 38.3. The van der Waals surface area contributed by atoms with Crippen LogP contribution in [0.2, 0.25) is 0 Å². The molecule has 0 unspecified atom stereocenters. The third-order valence-corrected chi connectivity index (χ3v) is 3.16. The molecule has 2 aromatic carbocycles. The van der Waals surface area contributed by atoms with Crippen LogP contribution in [0.4, 0.5) is 18.9 Å². The highest BCUT2D eigenvalue weighted by Crippen LogP contribution is 2.32. The molecule has 2 rings (SSSR count). The molecule has 24 heavy (non-hydrogen) atoms. The first-order valence-electron chi connectivity index (χ1n) is 6.56. The van der Waals surface area contributed by atoms with E-state index in [9.17, 15) is 33.2 Å². The van der Waals surface area contributed by atoms with Crippen LogP contribution in [-0.2, 0) is 11.0 Å². The maximum absolute atomic E-state index is 12.8. The summed E-state index contributed by atoms with van der Waals surface area (Å²) in [7, 11) is 0.